The minimum Gasteiger partial charge on any atom is -0.495 e. The molecule has 1 aromatic carbocycles. The Labute approximate surface area is 183 Å². The van der Waals surface area contributed by atoms with Crippen LogP contribution >= 0.6 is 0 Å². The molecule has 10 heteroatoms. The van der Waals surface area contributed by atoms with Gasteiger partial charge in [0.25, 0.3) is 5.56 Å². The van der Waals surface area contributed by atoms with Crippen LogP contribution in [0.1, 0.15) is 29.8 Å². The quantitative estimate of drug-likeness (QED) is 0.552. The maximum Gasteiger partial charge on any atom is 0.338 e. The Morgan fingerprint density at radius 2 is 1.81 bits per heavy atom. The summed E-state index contributed by atoms with van der Waals surface area (Å²) in [6.07, 6.45) is 2.15. The first-order valence-electron chi connectivity index (χ1n) is 10.0. The van der Waals surface area contributed by atoms with Gasteiger partial charge in [-0.25, -0.2) is 19.1 Å². The summed E-state index contributed by atoms with van der Waals surface area (Å²) in [6, 6.07) is 6.09. The lowest BCUT2D eigenvalue weighted by Gasteiger charge is -2.14. The summed E-state index contributed by atoms with van der Waals surface area (Å²) in [6.45, 7) is 3.36. The minimum absolute atomic E-state index is 0.139. The highest BCUT2D eigenvalue weighted by molar-refractivity contribution is 5.93. The highest BCUT2D eigenvalue weighted by atomic mass is 16.5. The van der Waals surface area contributed by atoms with Crippen LogP contribution in [-0.2, 0) is 29.5 Å². The molecule has 0 aliphatic rings. The number of ether oxygens (including phenoxy) is 2. The van der Waals surface area contributed by atoms with Crippen LogP contribution in [0.15, 0.2) is 40.1 Å². The number of esters is 1. The molecule has 2 aromatic heterocycles. The Hall–Kier alpha value is -3.95. The third-order valence-electron chi connectivity index (χ3n) is 4.95. The molecule has 1 N–H and O–H groups in total. The van der Waals surface area contributed by atoms with Crippen LogP contribution < -0.4 is 21.3 Å². The average molecular weight is 440 g/mol. The van der Waals surface area contributed by atoms with E-state index < -0.39 is 29.7 Å². The second-order valence-corrected chi connectivity index (χ2v) is 6.95. The summed E-state index contributed by atoms with van der Waals surface area (Å²) >= 11 is 0. The van der Waals surface area contributed by atoms with Crippen molar-refractivity contribution in [3.63, 3.8) is 0 Å². The van der Waals surface area contributed by atoms with E-state index in [1.807, 2.05) is 6.92 Å². The molecule has 10 nitrogen and oxygen atoms in total. The van der Waals surface area contributed by atoms with Crippen molar-refractivity contribution in [2.24, 2.45) is 7.05 Å². The van der Waals surface area contributed by atoms with Crippen LogP contribution in [0.4, 0.5) is 5.69 Å². The summed E-state index contributed by atoms with van der Waals surface area (Å²) in [7, 11) is 2.92. The van der Waals surface area contributed by atoms with Crippen molar-refractivity contribution < 1.29 is 19.1 Å². The molecule has 32 heavy (non-hydrogen) atoms. The van der Waals surface area contributed by atoms with Crippen LogP contribution in [0.3, 0.4) is 0 Å². The molecule has 3 aromatic rings. The Morgan fingerprint density at radius 1 is 1.12 bits per heavy atom. The minimum atomic E-state index is -0.672. The van der Waals surface area contributed by atoms with Gasteiger partial charge >= 0.3 is 11.7 Å². The van der Waals surface area contributed by atoms with E-state index in [4.69, 9.17) is 9.47 Å². The molecule has 2 heterocycles. The number of aryl methyl sites for hydroxylation is 2. The molecule has 0 atom stereocenters. The number of carbonyl (C=O) groups excluding carboxylic acids is 2. The maximum atomic E-state index is 13.1. The van der Waals surface area contributed by atoms with Gasteiger partial charge in [0.05, 0.1) is 19.3 Å². The van der Waals surface area contributed by atoms with Crippen molar-refractivity contribution in [3.8, 4) is 5.75 Å². The van der Waals surface area contributed by atoms with Crippen LogP contribution in [-0.4, -0.2) is 39.7 Å². The van der Waals surface area contributed by atoms with Gasteiger partial charge in [-0.15, -0.1) is 0 Å². The molecule has 0 saturated carbocycles. The molecule has 0 unspecified atom stereocenters. The van der Waals surface area contributed by atoms with Gasteiger partial charge in [-0.1, -0.05) is 6.92 Å². The van der Waals surface area contributed by atoms with Gasteiger partial charge in [0, 0.05) is 24.5 Å². The number of fused-ring (bicyclic) bond motifs is 1. The molecule has 0 spiro atoms. The van der Waals surface area contributed by atoms with Gasteiger partial charge in [0.1, 0.15) is 17.7 Å². The average Bonchev–Trinajstić information content (AvgIpc) is 2.79. The number of pyridine rings is 1. The highest BCUT2D eigenvalue weighted by Crippen LogP contribution is 2.25. The van der Waals surface area contributed by atoms with E-state index in [2.05, 4.69) is 10.3 Å². The smallest absolute Gasteiger partial charge is 0.338 e. The van der Waals surface area contributed by atoms with Gasteiger partial charge in [0.15, 0.2) is 5.65 Å². The summed E-state index contributed by atoms with van der Waals surface area (Å²) in [5.74, 6) is -0.710. The number of hydrogen-bond donors (Lipinski definition) is 1. The topological polar surface area (TPSA) is 122 Å². The number of nitrogens with one attached hydrogen (secondary N) is 1. The number of nitrogens with zero attached hydrogens (tertiary/aromatic N) is 3. The van der Waals surface area contributed by atoms with Gasteiger partial charge < -0.3 is 14.8 Å². The molecule has 0 radical (unpaired) electrons. The van der Waals surface area contributed by atoms with Crippen molar-refractivity contribution in [3.05, 3.63) is 62.4 Å². The first-order valence-corrected chi connectivity index (χ1v) is 10.0. The molecule has 1 amide bonds. The van der Waals surface area contributed by atoms with Crippen molar-refractivity contribution in [1.29, 1.82) is 0 Å². The van der Waals surface area contributed by atoms with Crippen LogP contribution in [0, 0.1) is 0 Å². The molecule has 168 valence electrons. The molecule has 0 aliphatic carbocycles. The SMILES string of the molecule is CCOC(=O)c1ccc(NC(=O)Cn2c(=O)c3c(OC)c(CC)cnc3n(C)c2=O)cc1. The third kappa shape index (κ3) is 4.25. The molecular formula is C22H24N4O6. The van der Waals surface area contributed by atoms with Crippen molar-refractivity contribution in [2.45, 2.75) is 26.8 Å². The highest BCUT2D eigenvalue weighted by Gasteiger charge is 2.20. The van der Waals surface area contributed by atoms with E-state index in [1.165, 1.54) is 43.0 Å². The number of hydrogen-bond acceptors (Lipinski definition) is 7. The first kappa shape index (κ1) is 22.7. The number of rotatable bonds is 7. The number of methoxy groups -OCH3 is 1. The second kappa shape index (κ2) is 9.46. The largest absolute Gasteiger partial charge is 0.495 e. The molecule has 0 saturated heterocycles. The van der Waals surface area contributed by atoms with Crippen LogP contribution in [0.2, 0.25) is 0 Å². The molecule has 0 aliphatic heterocycles. The van der Waals surface area contributed by atoms with E-state index in [9.17, 15) is 19.2 Å². The summed E-state index contributed by atoms with van der Waals surface area (Å²) in [5.41, 5.74) is 0.315. The van der Waals surface area contributed by atoms with E-state index in [-0.39, 0.29) is 17.6 Å². The molecule has 0 bridgehead atoms. The number of aromatic nitrogens is 3. The van der Waals surface area contributed by atoms with Crippen LogP contribution in [0.25, 0.3) is 11.0 Å². The second-order valence-electron chi connectivity index (χ2n) is 6.95. The van der Waals surface area contributed by atoms with Crippen molar-refractivity contribution in [2.75, 3.05) is 19.0 Å². The number of amides is 1. The summed E-state index contributed by atoms with van der Waals surface area (Å²) in [4.78, 5) is 54.4. The predicted molar refractivity (Wildman–Crippen MR) is 118 cm³/mol. The van der Waals surface area contributed by atoms with E-state index in [1.54, 1.807) is 13.1 Å². The van der Waals surface area contributed by atoms with E-state index in [0.29, 0.717) is 29.0 Å². The zero-order valence-electron chi connectivity index (χ0n) is 18.3. The van der Waals surface area contributed by atoms with Gasteiger partial charge in [-0.2, -0.15) is 0 Å². The maximum absolute atomic E-state index is 13.1. The molecule has 3 rings (SSSR count). The standard InChI is InChI=1S/C22H24N4O6/c1-5-13-11-23-19-17(18(13)31-4)20(28)26(22(30)25(19)3)12-16(27)24-15-9-7-14(8-10-15)21(29)32-6-2/h7-11H,5-6,12H2,1-4H3,(H,24,27). The van der Waals surface area contributed by atoms with Crippen molar-refractivity contribution in [1.82, 2.24) is 14.1 Å². The first-order chi connectivity index (χ1) is 15.3. The van der Waals surface area contributed by atoms with Crippen molar-refractivity contribution >= 4 is 28.6 Å². The Balaban J connectivity index is 1.93. The fraction of sp³-hybridized carbons (Fsp3) is 0.318. The van der Waals surface area contributed by atoms with E-state index >= 15 is 0 Å². The fourth-order valence-corrected chi connectivity index (χ4v) is 3.34. The lowest BCUT2D eigenvalue weighted by Crippen LogP contribution is -2.42. The lowest BCUT2D eigenvalue weighted by atomic mass is 10.1. The summed E-state index contributed by atoms with van der Waals surface area (Å²) < 4.78 is 12.4. The Morgan fingerprint density at radius 3 is 2.41 bits per heavy atom. The number of benzene rings is 1. The monoisotopic (exact) mass is 440 g/mol. The van der Waals surface area contributed by atoms with E-state index in [0.717, 1.165) is 4.57 Å². The lowest BCUT2D eigenvalue weighted by molar-refractivity contribution is -0.116. The van der Waals surface area contributed by atoms with Gasteiger partial charge in [-0.05, 0) is 37.6 Å². The predicted octanol–water partition coefficient (Wildman–Crippen LogP) is 1.48. The zero-order valence-corrected chi connectivity index (χ0v) is 18.3. The Kier molecular flexibility index (Phi) is 6.72. The van der Waals surface area contributed by atoms with Gasteiger partial charge in [0.2, 0.25) is 5.91 Å². The summed E-state index contributed by atoms with van der Waals surface area (Å²) in [5, 5.41) is 2.76. The number of anilines is 1. The number of carbonyl (C=O) groups is 2. The normalized spacial score (nSPS) is 10.8. The van der Waals surface area contributed by atoms with Gasteiger partial charge in [-0.3, -0.25) is 14.2 Å². The molecule has 0 fully saturated rings. The Bertz CT molecular complexity index is 1290. The van der Waals surface area contributed by atoms with Crippen LogP contribution in [0.5, 0.6) is 5.75 Å². The third-order valence-corrected chi connectivity index (χ3v) is 4.95. The fourth-order valence-electron chi connectivity index (χ4n) is 3.34. The zero-order chi connectivity index (χ0) is 23.4. The molecular weight excluding hydrogens is 416 g/mol.